The van der Waals surface area contributed by atoms with E-state index in [-0.39, 0.29) is 18.3 Å². The van der Waals surface area contributed by atoms with E-state index in [9.17, 15) is 9.18 Å². The van der Waals surface area contributed by atoms with Crippen molar-refractivity contribution in [2.45, 2.75) is 13.0 Å². The number of imidazole rings is 1. The number of carbonyl (C=O) groups is 1. The molecule has 6 heteroatoms. The molecule has 22 heavy (non-hydrogen) atoms. The highest BCUT2D eigenvalue weighted by molar-refractivity contribution is 5.80. The predicted molar refractivity (Wildman–Crippen MR) is 81.3 cm³/mol. The van der Waals surface area contributed by atoms with Crippen molar-refractivity contribution in [2.24, 2.45) is 5.84 Å². The van der Waals surface area contributed by atoms with Gasteiger partial charge in [0, 0.05) is 6.42 Å². The first kappa shape index (κ1) is 14.2. The third kappa shape index (κ3) is 2.82. The molecule has 1 aromatic heterocycles. The molecule has 3 N–H and O–H groups in total. The minimum Gasteiger partial charge on any atom is -0.318 e. The Bertz CT molecular complexity index is 811. The summed E-state index contributed by atoms with van der Waals surface area (Å²) in [5.74, 6) is 5.33. The molecule has 1 amide bonds. The van der Waals surface area contributed by atoms with Crippen LogP contribution < -0.4 is 11.3 Å². The molecule has 1 heterocycles. The summed E-state index contributed by atoms with van der Waals surface area (Å²) in [7, 11) is 0. The van der Waals surface area contributed by atoms with E-state index >= 15 is 0 Å². The van der Waals surface area contributed by atoms with Crippen LogP contribution in [0.3, 0.4) is 0 Å². The van der Waals surface area contributed by atoms with Gasteiger partial charge in [0.25, 0.3) is 5.91 Å². The molecule has 0 fully saturated rings. The number of halogens is 1. The zero-order valence-electron chi connectivity index (χ0n) is 11.8. The monoisotopic (exact) mass is 298 g/mol. The maximum atomic E-state index is 13.0. The van der Waals surface area contributed by atoms with Crippen LogP contribution in [0.2, 0.25) is 0 Å². The fourth-order valence-corrected chi connectivity index (χ4v) is 2.41. The van der Waals surface area contributed by atoms with E-state index in [0.29, 0.717) is 6.42 Å². The van der Waals surface area contributed by atoms with Gasteiger partial charge in [-0.05, 0) is 29.8 Å². The molecule has 0 atom stereocenters. The Morgan fingerprint density at radius 1 is 1.18 bits per heavy atom. The van der Waals surface area contributed by atoms with Crippen molar-refractivity contribution in [3.8, 4) is 0 Å². The van der Waals surface area contributed by atoms with Gasteiger partial charge in [-0.15, -0.1) is 0 Å². The smallest absolute Gasteiger partial charge is 0.253 e. The molecule has 3 rings (SSSR count). The molecule has 0 unspecified atom stereocenters. The van der Waals surface area contributed by atoms with Crippen LogP contribution >= 0.6 is 0 Å². The third-order valence-electron chi connectivity index (χ3n) is 3.47. The van der Waals surface area contributed by atoms with E-state index in [0.717, 1.165) is 22.4 Å². The molecule has 0 saturated carbocycles. The maximum Gasteiger partial charge on any atom is 0.253 e. The lowest BCUT2D eigenvalue weighted by molar-refractivity contribution is -0.121. The van der Waals surface area contributed by atoms with E-state index in [1.165, 1.54) is 12.1 Å². The summed E-state index contributed by atoms with van der Waals surface area (Å²) in [6.45, 7) is 0.0908. The number of carbonyl (C=O) groups excluding carboxylic acids is 1. The number of nitrogens with zero attached hydrogens (tertiary/aromatic N) is 2. The van der Waals surface area contributed by atoms with Crippen LogP contribution in [0.25, 0.3) is 11.0 Å². The van der Waals surface area contributed by atoms with Crippen molar-refractivity contribution < 1.29 is 9.18 Å². The average Bonchev–Trinajstić information content (AvgIpc) is 2.87. The fraction of sp³-hybridized carbons (Fsp3) is 0.125. The molecule has 2 aromatic carbocycles. The Morgan fingerprint density at radius 2 is 1.91 bits per heavy atom. The molecule has 0 saturated heterocycles. The predicted octanol–water partition coefficient (Wildman–Crippen LogP) is 1.76. The minimum atomic E-state index is -0.302. The van der Waals surface area contributed by atoms with Gasteiger partial charge in [-0.2, -0.15) is 0 Å². The van der Waals surface area contributed by atoms with Gasteiger partial charge in [0.1, 0.15) is 18.2 Å². The first-order chi connectivity index (χ1) is 10.7. The van der Waals surface area contributed by atoms with Crippen LogP contribution in [0.5, 0.6) is 0 Å². The molecule has 0 radical (unpaired) electrons. The van der Waals surface area contributed by atoms with Gasteiger partial charge in [-0.3, -0.25) is 10.2 Å². The fourth-order valence-electron chi connectivity index (χ4n) is 2.41. The van der Waals surface area contributed by atoms with E-state index in [1.807, 2.05) is 28.8 Å². The summed E-state index contributed by atoms with van der Waals surface area (Å²) in [6, 6.07) is 13.8. The zero-order valence-corrected chi connectivity index (χ0v) is 11.8. The quantitative estimate of drug-likeness (QED) is 0.438. The molecular formula is C16H15FN4O. The Labute approximate surface area is 126 Å². The van der Waals surface area contributed by atoms with Gasteiger partial charge in [0.2, 0.25) is 0 Å². The van der Waals surface area contributed by atoms with Crippen molar-refractivity contribution >= 4 is 16.9 Å². The number of para-hydroxylation sites is 2. The number of aromatic nitrogens is 2. The van der Waals surface area contributed by atoms with Crippen LogP contribution in [-0.4, -0.2) is 15.5 Å². The van der Waals surface area contributed by atoms with Gasteiger partial charge in [0.15, 0.2) is 0 Å². The Morgan fingerprint density at radius 3 is 2.64 bits per heavy atom. The largest absolute Gasteiger partial charge is 0.318 e. The first-order valence-electron chi connectivity index (χ1n) is 6.85. The number of nitrogens with one attached hydrogen (secondary N) is 1. The standard InChI is InChI=1S/C16H15FN4O/c17-12-7-5-11(6-8-12)9-15-19-13-3-1-2-4-14(13)21(15)10-16(22)20-18/h1-8H,9-10,18H2,(H,20,22). The summed E-state index contributed by atoms with van der Waals surface area (Å²) >= 11 is 0. The van der Waals surface area contributed by atoms with E-state index in [4.69, 9.17) is 5.84 Å². The molecule has 3 aromatic rings. The highest BCUT2D eigenvalue weighted by atomic mass is 19.1. The van der Waals surface area contributed by atoms with Crippen LogP contribution in [0, 0.1) is 5.82 Å². The van der Waals surface area contributed by atoms with Crippen LogP contribution in [0.4, 0.5) is 4.39 Å². The number of fused-ring (bicyclic) bond motifs is 1. The molecular weight excluding hydrogens is 283 g/mol. The van der Waals surface area contributed by atoms with Crippen molar-refractivity contribution in [1.29, 1.82) is 0 Å². The molecule has 0 spiro atoms. The van der Waals surface area contributed by atoms with Crippen molar-refractivity contribution in [3.05, 3.63) is 65.7 Å². The first-order valence-corrected chi connectivity index (χ1v) is 6.85. The number of benzene rings is 2. The van der Waals surface area contributed by atoms with E-state index in [1.54, 1.807) is 12.1 Å². The number of rotatable bonds is 4. The summed E-state index contributed by atoms with van der Waals surface area (Å²) in [6.07, 6.45) is 0.507. The topological polar surface area (TPSA) is 72.9 Å². The second kappa shape index (κ2) is 5.95. The van der Waals surface area contributed by atoms with Gasteiger partial charge < -0.3 is 4.57 Å². The molecule has 5 nitrogen and oxygen atoms in total. The maximum absolute atomic E-state index is 13.0. The third-order valence-corrected chi connectivity index (χ3v) is 3.47. The second-order valence-corrected chi connectivity index (χ2v) is 4.97. The molecule has 112 valence electrons. The Kier molecular flexibility index (Phi) is 3.84. The second-order valence-electron chi connectivity index (χ2n) is 4.97. The number of nitrogens with two attached hydrogens (primary N) is 1. The van der Waals surface area contributed by atoms with Crippen molar-refractivity contribution in [3.63, 3.8) is 0 Å². The lowest BCUT2D eigenvalue weighted by atomic mass is 10.1. The number of hydrazine groups is 1. The molecule has 0 aliphatic carbocycles. The Hall–Kier alpha value is -2.73. The summed E-state index contributed by atoms with van der Waals surface area (Å²) in [5.41, 5.74) is 4.73. The van der Waals surface area contributed by atoms with Gasteiger partial charge in [0.05, 0.1) is 11.0 Å². The van der Waals surface area contributed by atoms with Gasteiger partial charge in [-0.25, -0.2) is 15.2 Å². The minimum absolute atomic E-state index is 0.0908. The molecule has 0 aliphatic rings. The van der Waals surface area contributed by atoms with E-state index in [2.05, 4.69) is 10.4 Å². The highest BCUT2D eigenvalue weighted by Gasteiger charge is 2.13. The summed E-state index contributed by atoms with van der Waals surface area (Å²) in [5, 5.41) is 0. The van der Waals surface area contributed by atoms with Crippen LogP contribution in [0.1, 0.15) is 11.4 Å². The summed E-state index contributed by atoms with van der Waals surface area (Å²) < 4.78 is 14.8. The normalized spacial score (nSPS) is 10.8. The van der Waals surface area contributed by atoms with Crippen molar-refractivity contribution in [1.82, 2.24) is 15.0 Å². The molecule has 0 aliphatic heterocycles. The van der Waals surface area contributed by atoms with Crippen LogP contribution in [0.15, 0.2) is 48.5 Å². The van der Waals surface area contributed by atoms with Gasteiger partial charge >= 0.3 is 0 Å². The number of hydrogen-bond acceptors (Lipinski definition) is 3. The zero-order chi connectivity index (χ0) is 15.5. The Balaban J connectivity index is 2.01. The molecule has 0 bridgehead atoms. The number of amides is 1. The van der Waals surface area contributed by atoms with Crippen molar-refractivity contribution in [2.75, 3.05) is 0 Å². The lowest BCUT2D eigenvalue weighted by Gasteiger charge is -2.08. The van der Waals surface area contributed by atoms with Crippen LogP contribution in [-0.2, 0) is 17.8 Å². The SMILES string of the molecule is NNC(=O)Cn1c(Cc2ccc(F)cc2)nc2ccccc21. The number of hydrogen-bond donors (Lipinski definition) is 2. The summed E-state index contributed by atoms with van der Waals surface area (Å²) in [4.78, 5) is 16.2. The average molecular weight is 298 g/mol. The van der Waals surface area contributed by atoms with E-state index < -0.39 is 0 Å². The lowest BCUT2D eigenvalue weighted by Crippen LogP contribution is -2.33. The van der Waals surface area contributed by atoms with Gasteiger partial charge in [-0.1, -0.05) is 24.3 Å². The highest BCUT2D eigenvalue weighted by Crippen LogP contribution is 2.18.